The molecule has 5 heteroatoms. The second kappa shape index (κ2) is 7.82. The molecule has 0 amide bonds. The zero-order valence-electron chi connectivity index (χ0n) is 11.8. The molecule has 2 fully saturated rings. The average molecular weight is 271 g/mol. The number of esters is 1. The number of carbonyl (C=O) groups excluding carboxylic acids is 1. The molecule has 0 radical (unpaired) electrons. The van der Waals surface area contributed by atoms with E-state index in [1.165, 1.54) is 6.42 Å². The Morgan fingerprint density at radius 2 is 2.11 bits per heavy atom. The Kier molecular flexibility index (Phi) is 6.07. The minimum atomic E-state index is -0.163. The maximum atomic E-state index is 11.8. The largest absolute Gasteiger partial charge is 0.465 e. The fourth-order valence-corrected chi connectivity index (χ4v) is 2.66. The quantitative estimate of drug-likeness (QED) is 0.542. The zero-order chi connectivity index (χ0) is 13.5. The standard InChI is InChI=1S/C14H25NO4/c1-2-3-8-17-13(16)11-15-7-5-4-6-12(15)14-18-9-10-19-14/h12,14H,2-11H2,1H3. The molecular weight excluding hydrogens is 246 g/mol. The minimum Gasteiger partial charge on any atom is -0.465 e. The third-order valence-corrected chi connectivity index (χ3v) is 3.72. The summed E-state index contributed by atoms with van der Waals surface area (Å²) in [5.41, 5.74) is 0. The molecule has 0 aliphatic carbocycles. The zero-order valence-corrected chi connectivity index (χ0v) is 11.8. The van der Waals surface area contributed by atoms with Crippen molar-refractivity contribution in [3.8, 4) is 0 Å². The van der Waals surface area contributed by atoms with Gasteiger partial charge in [-0.3, -0.25) is 9.69 Å². The summed E-state index contributed by atoms with van der Waals surface area (Å²) < 4.78 is 16.4. The number of unbranched alkanes of at least 4 members (excludes halogenated alkanes) is 1. The van der Waals surface area contributed by atoms with E-state index in [9.17, 15) is 4.79 Å². The van der Waals surface area contributed by atoms with Crippen molar-refractivity contribution < 1.29 is 19.0 Å². The number of hydrogen-bond donors (Lipinski definition) is 0. The van der Waals surface area contributed by atoms with Crippen molar-refractivity contribution in [2.75, 3.05) is 32.9 Å². The van der Waals surface area contributed by atoms with E-state index >= 15 is 0 Å². The molecule has 19 heavy (non-hydrogen) atoms. The van der Waals surface area contributed by atoms with Crippen LogP contribution in [0.2, 0.25) is 0 Å². The van der Waals surface area contributed by atoms with Crippen LogP contribution in [0.1, 0.15) is 39.0 Å². The molecule has 2 aliphatic heterocycles. The van der Waals surface area contributed by atoms with Crippen LogP contribution in [0.5, 0.6) is 0 Å². The first-order valence-electron chi connectivity index (χ1n) is 7.44. The maximum absolute atomic E-state index is 11.8. The van der Waals surface area contributed by atoms with Crippen LogP contribution in [0.4, 0.5) is 0 Å². The van der Waals surface area contributed by atoms with E-state index in [0.717, 1.165) is 32.2 Å². The summed E-state index contributed by atoms with van der Waals surface area (Å²) in [6, 6.07) is 0.204. The van der Waals surface area contributed by atoms with Crippen molar-refractivity contribution in [3.63, 3.8) is 0 Å². The summed E-state index contributed by atoms with van der Waals surface area (Å²) in [7, 11) is 0. The molecule has 0 N–H and O–H groups in total. The lowest BCUT2D eigenvalue weighted by Gasteiger charge is -2.37. The first-order valence-corrected chi connectivity index (χ1v) is 7.44. The minimum absolute atomic E-state index is 0.127. The van der Waals surface area contributed by atoms with Crippen LogP contribution in [0, 0.1) is 0 Å². The van der Waals surface area contributed by atoms with Gasteiger partial charge in [0.1, 0.15) is 0 Å². The number of nitrogens with zero attached hydrogens (tertiary/aromatic N) is 1. The van der Waals surface area contributed by atoms with Gasteiger partial charge in [-0.15, -0.1) is 0 Å². The first-order chi connectivity index (χ1) is 9.31. The molecule has 1 unspecified atom stereocenters. The molecule has 0 aromatic carbocycles. The molecule has 0 bridgehead atoms. The van der Waals surface area contributed by atoms with Crippen LogP contribution in [0.25, 0.3) is 0 Å². The third kappa shape index (κ3) is 4.44. The third-order valence-electron chi connectivity index (χ3n) is 3.72. The van der Waals surface area contributed by atoms with E-state index in [4.69, 9.17) is 14.2 Å². The van der Waals surface area contributed by atoms with Crippen LogP contribution in [-0.2, 0) is 19.0 Å². The number of carbonyl (C=O) groups is 1. The van der Waals surface area contributed by atoms with Gasteiger partial charge in [-0.25, -0.2) is 0 Å². The number of piperidine rings is 1. The Morgan fingerprint density at radius 3 is 2.84 bits per heavy atom. The predicted octanol–water partition coefficient (Wildman–Crippen LogP) is 1.56. The average Bonchev–Trinajstić information content (AvgIpc) is 2.93. The fourth-order valence-electron chi connectivity index (χ4n) is 2.66. The monoisotopic (exact) mass is 271 g/mol. The molecule has 2 saturated heterocycles. The molecular formula is C14H25NO4. The summed E-state index contributed by atoms with van der Waals surface area (Å²) in [4.78, 5) is 14.0. The Balaban J connectivity index is 1.79. The van der Waals surface area contributed by atoms with Crippen molar-refractivity contribution in [3.05, 3.63) is 0 Å². The van der Waals surface area contributed by atoms with Crippen molar-refractivity contribution >= 4 is 5.97 Å². The van der Waals surface area contributed by atoms with E-state index in [-0.39, 0.29) is 18.3 Å². The molecule has 110 valence electrons. The summed E-state index contributed by atoms with van der Waals surface area (Å²) in [5, 5.41) is 0. The second-order valence-corrected chi connectivity index (χ2v) is 5.22. The Labute approximate surface area is 115 Å². The molecule has 2 aliphatic rings. The van der Waals surface area contributed by atoms with Gasteiger partial charge >= 0.3 is 5.97 Å². The Morgan fingerprint density at radius 1 is 1.32 bits per heavy atom. The molecule has 2 heterocycles. The van der Waals surface area contributed by atoms with Crippen LogP contribution in [0.15, 0.2) is 0 Å². The van der Waals surface area contributed by atoms with E-state index < -0.39 is 0 Å². The molecule has 0 aromatic rings. The SMILES string of the molecule is CCCCOC(=O)CN1CCCCC1C1OCCO1. The molecule has 5 nitrogen and oxygen atoms in total. The van der Waals surface area contributed by atoms with Crippen LogP contribution in [0.3, 0.4) is 0 Å². The first kappa shape index (κ1) is 14.8. The highest BCUT2D eigenvalue weighted by Crippen LogP contribution is 2.24. The van der Waals surface area contributed by atoms with Crippen molar-refractivity contribution in [1.82, 2.24) is 4.90 Å². The lowest BCUT2D eigenvalue weighted by Crippen LogP contribution is -2.49. The van der Waals surface area contributed by atoms with E-state index in [2.05, 4.69) is 11.8 Å². The van der Waals surface area contributed by atoms with E-state index in [0.29, 0.717) is 26.4 Å². The highest BCUT2D eigenvalue weighted by Gasteiger charge is 2.34. The predicted molar refractivity (Wildman–Crippen MR) is 70.8 cm³/mol. The van der Waals surface area contributed by atoms with Crippen LogP contribution < -0.4 is 0 Å². The number of rotatable bonds is 6. The Hall–Kier alpha value is -0.650. The maximum Gasteiger partial charge on any atom is 0.320 e. The smallest absolute Gasteiger partial charge is 0.320 e. The second-order valence-electron chi connectivity index (χ2n) is 5.22. The summed E-state index contributed by atoms with van der Waals surface area (Å²) in [6.07, 6.45) is 5.16. The van der Waals surface area contributed by atoms with Crippen molar-refractivity contribution in [2.45, 2.75) is 51.4 Å². The summed E-state index contributed by atoms with van der Waals surface area (Å²) in [6.45, 7) is 5.23. The van der Waals surface area contributed by atoms with E-state index in [1.54, 1.807) is 0 Å². The summed E-state index contributed by atoms with van der Waals surface area (Å²) >= 11 is 0. The Bertz CT molecular complexity index is 279. The van der Waals surface area contributed by atoms with Gasteiger partial charge in [-0.2, -0.15) is 0 Å². The highest BCUT2D eigenvalue weighted by molar-refractivity contribution is 5.71. The van der Waals surface area contributed by atoms with Crippen molar-refractivity contribution in [1.29, 1.82) is 0 Å². The van der Waals surface area contributed by atoms with Crippen LogP contribution >= 0.6 is 0 Å². The van der Waals surface area contributed by atoms with Gasteiger partial charge < -0.3 is 14.2 Å². The van der Waals surface area contributed by atoms with Gasteiger partial charge in [0.05, 0.1) is 32.4 Å². The number of hydrogen-bond acceptors (Lipinski definition) is 5. The summed E-state index contributed by atoms with van der Waals surface area (Å²) in [5.74, 6) is -0.127. The number of ether oxygens (including phenoxy) is 3. The molecule has 0 aromatic heterocycles. The van der Waals surface area contributed by atoms with Crippen molar-refractivity contribution in [2.24, 2.45) is 0 Å². The van der Waals surface area contributed by atoms with Gasteiger partial charge in [0, 0.05) is 0 Å². The van der Waals surface area contributed by atoms with Gasteiger partial charge in [-0.1, -0.05) is 19.8 Å². The normalized spacial score (nSPS) is 25.6. The van der Waals surface area contributed by atoms with Gasteiger partial charge in [0.2, 0.25) is 0 Å². The highest BCUT2D eigenvalue weighted by atomic mass is 16.7. The van der Waals surface area contributed by atoms with Gasteiger partial charge in [0.25, 0.3) is 0 Å². The van der Waals surface area contributed by atoms with Crippen LogP contribution in [-0.4, -0.2) is 56.1 Å². The molecule has 2 rings (SSSR count). The van der Waals surface area contributed by atoms with Gasteiger partial charge in [0.15, 0.2) is 6.29 Å². The molecule has 1 atom stereocenters. The number of likely N-dealkylation sites (tertiary alicyclic amines) is 1. The molecule has 0 saturated carbocycles. The molecule has 0 spiro atoms. The van der Waals surface area contributed by atoms with Gasteiger partial charge in [-0.05, 0) is 25.8 Å². The lowest BCUT2D eigenvalue weighted by atomic mass is 10.0. The fraction of sp³-hybridized carbons (Fsp3) is 0.929. The van der Waals surface area contributed by atoms with E-state index in [1.807, 2.05) is 0 Å². The topological polar surface area (TPSA) is 48.0 Å². The lowest BCUT2D eigenvalue weighted by molar-refractivity contribution is -0.151.